The van der Waals surface area contributed by atoms with Crippen LogP contribution in [-0.4, -0.2) is 31.2 Å². The van der Waals surface area contributed by atoms with E-state index in [1.54, 1.807) is 18.4 Å². The molecule has 3 aromatic carbocycles. The molecule has 4 aromatic rings. The van der Waals surface area contributed by atoms with Gasteiger partial charge in [-0.1, -0.05) is 47.0 Å². The standard InChI is InChI=1S/C13H20O3.C9H8O.C7H8O/c1-4-14-13(15-5-2)10-16-12-8-6-11(3)7-9-12;1-7-2-3-9-8(6-7)4-5-10-9;1-6-2-4-7(8)5-3-6/h6-9,13H,4-5,10H2,1-3H3;2-6H,1H3;2-5,8H,1H3. The van der Waals surface area contributed by atoms with Gasteiger partial charge >= 0.3 is 0 Å². The van der Waals surface area contributed by atoms with Crippen LogP contribution in [-0.2, 0) is 9.47 Å². The lowest BCUT2D eigenvalue weighted by atomic mass is 10.2. The number of furan rings is 1. The average Bonchev–Trinajstić information content (AvgIpc) is 3.29. The monoisotopic (exact) mass is 464 g/mol. The number of benzene rings is 3. The summed E-state index contributed by atoms with van der Waals surface area (Å²) in [5, 5.41) is 9.94. The van der Waals surface area contributed by atoms with Gasteiger partial charge in [0.05, 0.1) is 6.26 Å². The fourth-order valence-corrected chi connectivity index (χ4v) is 2.95. The fraction of sp³-hybridized carbons (Fsp3) is 0.310. The van der Waals surface area contributed by atoms with Gasteiger partial charge < -0.3 is 23.7 Å². The number of aromatic hydroxyl groups is 1. The van der Waals surface area contributed by atoms with Crippen LogP contribution in [0, 0.1) is 20.8 Å². The molecule has 0 amide bonds. The number of fused-ring (bicyclic) bond motifs is 1. The number of phenolic OH excluding ortho intramolecular Hbond substituents is 1. The molecule has 182 valence electrons. The lowest BCUT2D eigenvalue weighted by Gasteiger charge is -2.17. The molecule has 0 radical (unpaired) electrons. The fourth-order valence-electron chi connectivity index (χ4n) is 2.95. The molecule has 0 saturated heterocycles. The van der Waals surface area contributed by atoms with Crippen molar-refractivity contribution in [2.45, 2.75) is 40.9 Å². The van der Waals surface area contributed by atoms with Crippen LogP contribution in [0.2, 0.25) is 0 Å². The van der Waals surface area contributed by atoms with Crippen LogP contribution in [0.3, 0.4) is 0 Å². The van der Waals surface area contributed by atoms with Gasteiger partial charge in [-0.25, -0.2) is 0 Å². The van der Waals surface area contributed by atoms with Gasteiger partial charge in [0.15, 0.2) is 6.29 Å². The predicted octanol–water partition coefficient (Wildman–Crippen LogP) is 7.21. The second kappa shape index (κ2) is 14.8. The van der Waals surface area contributed by atoms with Crippen molar-refractivity contribution in [3.8, 4) is 11.5 Å². The van der Waals surface area contributed by atoms with Crippen molar-refractivity contribution >= 4 is 11.0 Å². The Labute approximate surface area is 202 Å². The lowest BCUT2D eigenvalue weighted by Crippen LogP contribution is -2.25. The average molecular weight is 465 g/mol. The van der Waals surface area contributed by atoms with E-state index in [-0.39, 0.29) is 6.29 Å². The maximum Gasteiger partial charge on any atom is 0.191 e. The summed E-state index contributed by atoms with van der Waals surface area (Å²) >= 11 is 0. The van der Waals surface area contributed by atoms with E-state index in [1.807, 2.05) is 82.3 Å². The van der Waals surface area contributed by atoms with Gasteiger partial charge in [-0.15, -0.1) is 0 Å². The summed E-state index contributed by atoms with van der Waals surface area (Å²) in [7, 11) is 0. The summed E-state index contributed by atoms with van der Waals surface area (Å²) in [6.07, 6.45) is 1.43. The van der Waals surface area contributed by atoms with Crippen LogP contribution in [0.4, 0.5) is 0 Å². The zero-order valence-electron chi connectivity index (χ0n) is 20.8. The molecule has 0 aliphatic rings. The summed E-state index contributed by atoms with van der Waals surface area (Å²) in [6.45, 7) is 11.7. The van der Waals surface area contributed by atoms with Crippen LogP contribution in [0.15, 0.2) is 83.5 Å². The number of aryl methyl sites for hydroxylation is 3. The molecule has 4 rings (SSSR count). The molecule has 0 bridgehead atoms. The molecular weight excluding hydrogens is 428 g/mol. The molecule has 5 heteroatoms. The van der Waals surface area contributed by atoms with Gasteiger partial charge in [-0.05, 0) is 77.1 Å². The van der Waals surface area contributed by atoms with E-state index >= 15 is 0 Å². The largest absolute Gasteiger partial charge is 0.508 e. The highest BCUT2D eigenvalue weighted by Crippen LogP contribution is 2.16. The highest BCUT2D eigenvalue weighted by Gasteiger charge is 2.08. The quantitative estimate of drug-likeness (QED) is 0.293. The maximum absolute atomic E-state index is 8.76. The highest BCUT2D eigenvalue weighted by molar-refractivity contribution is 5.77. The molecule has 5 nitrogen and oxygen atoms in total. The van der Waals surface area contributed by atoms with E-state index < -0.39 is 0 Å². The van der Waals surface area contributed by atoms with Gasteiger partial charge in [-0.2, -0.15) is 0 Å². The van der Waals surface area contributed by atoms with Crippen molar-refractivity contribution in [3.05, 3.63) is 95.7 Å². The van der Waals surface area contributed by atoms with Crippen LogP contribution in [0.5, 0.6) is 11.5 Å². The number of hydrogen-bond acceptors (Lipinski definition) is 5. The first-order valence-corrected chi connectivity index (χ1v) is 11.5. The highest BCUT2D eigenvalue weighted by atomic mass is 16.7. The van der Waals surface area contributed by atoms with Gasteiger partial charge in [0.2, 0.25) is 0 Å². The van der Waals surface area contributed by atoms with Crippen molar-refractivity contribution in [2.24, 2.45) is 0 Å². The Kier molecular flexibility index (Phi) is 11.7. The minimum Gasteiger partial charge on any atom is -0.508 e. The van der Waals surface area contributed by atoms with Gasteiger partial charge in [0.1, 0.15) is 23.7 Å². The molecule has 34 heavy (non-hydrogen) atoms. The third-order valence-corrected chi connectivity index (χ3v) is 4.75. The minimum absolute atomic E-state index is 0.281. The van der Waals surface area contributed by atoms with Crippen molar-refractivity contribution in [2.75, 3.05) is 19.8 Å². The van der Waals surface area contributed by atoms with E-state index in [9.17, 15) is 0 Å². The molecule has 0 fully saturated rings. The lowest BCUT2D eigenvalue weighted by molar-refractivity contribution is -0.152. The van der Waals surface area contributed by atoms with Crippen molar-refractivity contribution in [1.29, 1.82) is 0 Å². The molecule has 1 heterocycles. The number of phenols is 1. The van der Waals surface area contributed by atoms with Crippen LogP contribution in [0.25, 0.3) is 11.0 Å². The number of rotatable bonds is 7. The normalized spacial score (nSPS) is 10.3. The Bertz CT molecular complexity index is 1040. The zero-order valence-corrected chi connectivity index (χ0v) is 20.8. The molecular formula is C29H36O5. The molecule has 0 aliphatic carbocycles. The Morgan fingerprint density at radius 1 is 0.735 bits per heavy atom. The number of ether oxygens (including phenoxy) is 3. The summed E-state index contributed by atoms with van der Waals surface area (Å²) in [6, 6.07) is 23.2. The van der Waals surface area contributed by atoms with Crippen LogP contribution < -0.4 is 4.74 Å². The van der Waals surface area contributed by atoms with Crippen molar-refractivity contribution in [1.82, 2.24) is 0 Å². The van der Waals surface area contributed by atoms with Crippen molar-refractivity contribution < 1.29 is 23.7 Å². The van der Waals surface area contributed by atoms with Gasteiger partial charge in [-0.3, -0.25) is 0 Å². The first-order chi connectivity index (χ1) is 16.4. The van der Waals surface area contributed by atoms with E-state index in [2.05, 4.69) is 13.0 Å². The summed E-state index contributed by atoms with van der Waals surface area (Å²) in [4.78, 5) is 0. The van der Waals surface area contributed by atoms with Gasteiger partial charge in [0.25, 0.3) is 0 Å². The Hall–Kier alpha value is -3.28. The summed E-state index contributed by atoms with van der Waals surface area (Å²) < 4.78 is 21.5. The first kappa shape index (κ1) is 27.0. The predicted molar refractivity (Wildman–Crippen MR) is 138 cm³/mol. The maximum atomic E-state index is 8.76. The summed E-state index contributed by atoms with van der Waals surface area (Å²) in [5.74, 6) is 1.17. The second-order valence-electron chi connectivity index (χ2n) is 7.76. The Balaban J connectivity index is 0.000000193. The SMILES string of the molecule is CCOC(COc1ccc(C)cc1)OCC.Cc1ccc(O)cc1.Cc1ccc2occc2c1. The van der Waals surface area contributed by atoms with E-state index in [0.29, 0.717) is 25.6 Å². The molecule has 0 unspecified atom stereocenters. The van der Waals surface area contributed by atoms with Crippen molar-refractivity contribution in [3.63, 3.8) is 0 Å². The molecule has 1 aromatic heterocycles. The third-order valence-electron chi connectivity index (χ3n) is 4.75. The molecule has 1 N–H and O–H groups in total. The van der Waals surface area contributed by atoms with Gasteiger partial charge in [0, 0.05) is 18.6 Å². The Morgan fingerprint density at radius 3 is 1.85 bits per heavy atom. The van der Waals surface area contributed by atoms with Crippen LogP contribution in [0.1, 0.15) is 30.5 Å². The molecule has 0 saturated carbocycles. The Morgan fingerprint density at radius 2 is 1.29 bits per heavy atom. The van der Waals surface area contributed by atoms with E-state index in [4.69, 9.17) is 23.7 Å². The molecule has 0 aliphatic heterocycles. The molecule has 0 atom stereocenters. The van der Waals surface area contributed by atoms with E-state index in [0.717, 1.165) is 11.3 Å². The third kappa shape index (κ3) is 10.1. The smallest absolute Gasteiger partial charge is 0.191 e. The second-order valence-corrected chi connectivity index (χ2v) is 7.76. The molecule has 0 spiro atoms. The van der Waals surface area contributed by atoms with Crippen LogP contribution >= 0.6 is 0 Å². The first-order valence-electron chi connectivity index (χ1n) is 11.5. The topological polar surface area (TPSA) is 61.1 Å². The summed E-state index contributed by atoms with van der Waals surface area (Å²) in [5.41, 5.74) is 4.63. The zero-order chi connectivity index (χ0) is 24.8. The van der Waals surface area contributed by atoms with E-state index in [1.165, 1.54) is 22.1 Å². The number of hydrogen-bond donors (Lipinski definition) is 1. The minimum atomic E-state index is -0.281.